The van der Waals surface area contributed by atoms with Gasteiger partial charge in [0.15, 0.2) is 0 Å². The molecule has 3 atom stereocenters. The highest BCUT2D eigenvalue weighted by atomic mass is 16.4. The van der Waals surface area contributed by atoms with E-state index in [1.165, 1.54) is 13.8 Å². The van der Waals surface area contributed by atoms with Crippen molar-refractivity contribution in [3.05, 3.63) is 0 Å². The molecule has 0 saturated carbocycles. The van der Waals surface area contributed by atoms with Gasteiger partial charge in [-0.25, -0.2) is 0 Å². The lowest BCUT2D eigenvalue weighted by molar-refractivity contribution is -0.141. The SMILES string of the molecule is CC(N)C(=O)NC(C)C(=O)O.NCCCCC(N)C(=O)O. The Morgan fingerprint density at radius 3 is 1.90 bits per heavy atom. The molecule has 0 saturated heterocycles. The van der Waals surface area contributed by atoms with Gasteiger partial charge in [-0.15, -0.1) is 0 Å². The van der Waals surface area contributed by atoms with Gasteiger partial charge in [0.05, 0.1) is 6.04 Å². The maximum Gasteiger partial charge on any atom is 0.325 e. The number of carboxylic acids is 2. The molecule has 0 aromatic heterocycles. The molecule has 9 heteroatoms. The summed E-state index contributed by atoms with van der Waals surface area (Å²) in [5.41, 5.74) is 15.6. The lowest BCUT2D eigenvalue weighted by Gasteiger charge is -2.10. The van der Waals surface area contributed by atoms with Crippen LogP contribution in [0.1, 0.15) is 33.1 Å². The molecular formula is C12H26N4O5. The fourth-order valence-electron chi connectivity index (χ4n) is 1.04. The third-order valence-electron chi connectivity index (χ3n) is 2.43. The second-order valence-corrected chi connectivity index (χ2v) is 4.59. The number of aliphatic carboxylic acids is 2. The Hall–Kier alpha value is -1.71. The van der Waals surface area contributed by atoms with Crippen LogP contribution in [0.25, 0.3) is 0 Å². The summed E-state index contributed by atoms with van der Waals surface area (Å²) in [5.74, 6) is -2.46. The number of carbonyl (C=O) groups is 3. The highest BCUT2D eigenvalue weighted by Gasteiger charge is 2.15. The molecule has 0 rings (SSSR count). The number of unbranched alkanes of at least 4 members (excludes halogenated alkanes) is 1. The van der Waals surface area contributed by atoms with Gasteiger partial charge < -0.3 is 32.7 Å². The summed E-state index contributed by atoms with van der Waals surface area (Å²) in [6, 6.07) is -2.27. The van der Waals surface area contributed by atoms with E-state index in [0.717, 1.165) is 12.8 Å². The van der Waals surface area contributed by atoms with Crippen LogP contribution in [0.4, 0.5) is 0 Å². The number of nitrogens with one attached hydrogen (secondary N) is 1. The van der Waals surface area contributed by atoms with Crippen LogP contribution in [0.3, 0.4) is 0 Å². The van der Waals surface area contributed by atoms with E-state index in [4.69, 9.17) is 27.4 Å². The Bertz CT molecular complexity index is 336. The first-order valence-corrected chi connectivity index (χ1v) is 6.60. The molecule has 0 aromatic rings. The van der Waals surface area contributed by atoms with Crippen molar-refractivity contribution in [1.29, 1.82) is 0 Å². The fourth-order valence-corrected chi connectivity index (χ4v) is 1.04. The molecule has 0 aromatic carbocycles. The Kier molecular flexibility index (Phi) is 12.4. The molecule has 3 unspecified atom stereocenters. The predicted molar refractivity (Wildman–Crippen MR) is 77.4 cm³/mol. The second-order valence-electron chi connectivity index (χ2n) is 4.59. The summed E-state index contributed by atoms with van der Waals surface area (Å²) in [6.45, 7) is 3.47. The van der Waals surface area contributed by atoms with Gasteiger partial charge in [-0.2, -0.15) is 0 Å². The van der Waals surface area contributed by atoms with E-state index in [1.54, 1.807) is 0 Å². The van der Waals surface area contributed by atoms with Crippen LogP contribution in [0.15, 0.2) is 0 Å². The average Bonchev–Trinajstić information content (AvgIpc) is 2.39. The predicted octanol–water partition coefficient (Wildman–Crippen LogP) is -1.55. The summed E-state index contributed by atoms with van der Waals surface area (Å²) in [5, 5.41) is 18.9. The summed E-state index contributed by atoms with van der Waals surface area (Å²) >= 11 is 0. The molecule has 0 fully saturated rings. The van der Waals surface area contributed by atoms with Gasteiger partial charge in [0, 0.05) is 0 Å². The van der Waals surface area contributed by atoms with Gasteiger partial charge in [0.2, 0.25) is 5.91 Å². The number of hydrogen-bond acceptors (Lipinski definition) is 6. The molecule has 0 heterocycles. The average molecular weight is 306 g/mol. The van der Waals surface area contributed by atoms with Crippen molar-refractivity contribution >= 4 is 17.8 Å². The summed E-state index contributed by atoms with van der Waals surface area (Å²) in [4.78, 5) is 31.1. The van der Waals surface area contributed by atoms with Crippen LogP contribution in [0.5, 0.6) is 0 Å². The van der Waals surface area contributed by atoms with Crippen LogP contribution in [0, 0.1) is 0 Å². The van der Waals surface area contributed by atoms with Crippen molar-refractivity contribution in [3.8, 4) is 0 Å². The van der Waals surface area contributed by atoms with Crippen molar-refractivity contribution < 1.29 is 24.6 Å². The molecule has 0 bridgehead atoms. The Morgan fingerprint density at radius 2 is 1.57 bits per heavy atom. The number of carboxylic acid groups (broad SMARTS) is 2. The molecule has 0 spiro atoms. The van der Waals surface area contributed by atoms with Gasteiger partial charge in [0.1, 0.15) is 12.1 Å². The minimum Gasteiger partial charge on any atom is -0.480 e. The smallest absolute Gasteiger partial charge is 0.325 e. The van der Waals surface area contributed by atoms with Crippen molar-refractivity contribution in [1.82, 2.24) is 5.32 Å². The zero-order valence-electron chi connectivity index (χ0n) is 12.4. The molecule has 21 heavy (non-hydrogen) atoms. The molecular weight excluding hydrogens is 280 g/mol. The number of carbonyl (C=O) groups excluding carboxylic acids is 1. The van der Waals surface area contributed by atoms with Gasteiger partial charge in [-0.05, 0) is 33.2 Å². The lowest BCUT2D eigenvalue weighted by atomic mass is 10.1. The highest BCUT2D eigenvalue weighted by molar-refractivity contribution is 5.86. The molecule has 124 valence electrons. The summed E-state index contributed by atoms with van der Waals surface area (Å²) in [7, 11) is 0. The quantitative estimate of drug-likeness (QED) is 0.291. The van der Waals surface area contributed by atoms with E-state index in [0.29, 0.717) is 13.0 Å². The zero-order chi connectivity index (χ0) is 17.0. The molecule has 0 aliphatic rings. The second kappa shape index (κ2) is 12.1. The Labute approximate surface area is 123 Å². The van der Waals surface area contributed by atoms with Crippen LogP contribution in [0.2, 0.25) is 0 Å². The first-order chi connectivity index (χ1) is 9.63. The molecule has 0 radical (unpaired) electrons. The van der Waals surface area contributed by atoms with Gasteiger partial charge in [0.25, 0.3) is 0 Å². The Balaban J connectivity index is 0. The number of hydrogen-bond donors (Lipinski definition) is 6. The third kappa shape index (κ3) is 13.0. The van der Waals surface area contributed by atoms with Crippen molar-refractivity contribution in [2.45, 2.75) is 51.2 Å². The summed E-state index contributed by atoms with van der Waals surface area (Å²) < 4.78 is 0. The first-order valence-electron chi connectivity index (χ1n) is 6.60. The molecule has 9 nitrogen and oxygen atoms in total. The zero-order valence-corrected chi connectivity index (χ0v) is 12.4. The minimum atomic E-state index is -1.07. The van der Waals surface area contributed by atoms with E-state index < -0.39 is 36.0 Å². The van der Waals surface area contributed by atoms with Gasteiger partial charge in [-0.1, -0.05) is 6.42 Å². The maximum absolute atomic E-state index is 10.8. The molecule has 0 aliphatic carbocycles. The summed E-state index contributed by atoms with van der Waals surface area (Å²) in [6.07, 6.45) is 2.16. The third-order valence-corrected chi connectivity index (χ3v) is 2.43. The monoisotopic (exact) mass is 306 g/mol. The topological polar surface area (TPSA) is 182 Å². The van der Waals surface area contributed by atoms with E-state index in [-0.39, 0.29) is 0 Å². The standard InChI is InChI=1S/C6H12N2O3.C6H14N2O2/c1-3(7)5(9)8-4(2)6(10)11;7-4-2-1-3-5(8)6(9)10/h3-4H,7H2,1-2H3,(H,8,9)(H,10,11);5H,1-4,7-8H2,(H,9,10). The van der Waals surface area contributed by atoms with Crippen LogP contribution in [-0.2, 0) is 14.4 Å². The fraction of sp³-hybridized carbons (Fsp3) is 0.750. The number of rotatable bonds is 8. The van der Waals surface area contributed by atoms with Gasteiger partial charge >= 0.3 is 11.9 Å². The van der Waals surface area contributed by atoms with Gasteiger partial charge in [-0.3, -0.25) is 14.4 Å². The minimum absolute atomic E-state index is 0.458. The van der Waals surface area contributed by atoms with Crippen molar-refractivity contribution in [3.63, 3.8) is 0 Å². The van der Waals surface area contributed by atoms with E-state index >= 15 is 0 Å². The van der Waals surface area contributed by atoms with E-state index in [2.05, 4.69) is 5.32 Å². The number of nitrogens with two attached hydrogens (primary N) is 3. The van der Waals surface area contributed by atoms with Crippen molar-refractivity contribution in [2.75, 3.05) is 6.54 Å². The maximum atomic E-state index is 10.8. The highest BCUT2D eigenvalue weighted by Crippen LogP contribution is 1.96. The van der Waals surface area contributed by atoms with E-state index in [1.807, 2.05) is 0 Å². The number of amides is 1. The lowest BCUT2D eigenvalue weighted by Crippen LogP contribution is -2.45. The molecule has 9 N–H and O–H groups in total. The molecule has 0 aliphatic heterocycles. The van der Waals surface area contributed by atoms with E-state index in [9.17, 15) is 14.4 Å². The largest absolute Gasteiger partial charge is 0.480 e. The van der Waals surface area contributed by atoms with Crippen LogP contribution < -0.4 is 22.5 Å². The normalized spacial score (nSPS) is 14.1. The first kappa shape index (κ1) is 21.6. The van der Waals surface area contributed by atoms with Crippen LogP contribution in [-0.4, -0.2) is 52.7 Å². The Morgan fingerprint density at radius 1 is 1.05 bits per heavy atom. The van der Waals surface area contributed by atoms with Crippen molar-refractivity contribution in [2.24, 2.45) is 17.2 Å². The van der Waals surface area contributed by atoms with Crippen LogP contribution >= 0.6 is 0 Å². The molecule has 1 amide bonds.